The number of hydrogen-bond donors (Lipinski definition) is 1. The molecule has 1 N–H and O–H groups in total. The van der Waals surface area contributed by atoms with Crippen molar-refractivity contribution in [2.24, 2.45) is 0 Å². The van der Waals surface area contributed by atoms with E-state index in [1.54, 1.807) is 7.11 Å². The van der Waals surface area contributed by atoms with E-state index in [0.717, 1.165) is 22.4 Å². The molecule has 0 aromatic heterocycles. The summed E-state index contributed by atoms with van der Waals surface area (Å²) in [5.41, 5.74) is 3.48. The molecule has 1 unspecified atom stereocenters. The van der Waals surface area contributed by atoms with Crippen LogP contribution in [0.1, 0.15) is 59.8 Å². The fourth-order valence-electron chi connectivity index (χ4n) is 2.90. The van der Waals surface area contributed by atoms with Crippen molar-refractivity contribution in [1.29, 1.82) is 0 Å². The minimum absolute atomic E-state index is 0.0397. The van der Waals surface area contributed by atoms with Crippen LogP contribution >= 0.6 is 0 Å². The van der Waals surface area contributed by atoms with E-state index in [4.69, 9.17) is 4.74 Å². The average Bonchev–Trinajstić information content (AvgIpc) is 2.60. The Balaban J connectivity index is 2.23. The van der Waals surface area contributed by atoms with Crippen LogP contribution in [0.4, 0.5) is 5.69 Å². The van der Waals surface area contributed by atoms with E-state index in [9.17, 15) is 14.9 Å². The zero-order valence-electron chi connectivity index (χ0n) is 15.7. The Morgan fingerprint density at radius 2 is 1.73 bits per heavy atom. The molecular formula is C20H24N2O4. The van der Waals surface area contributed by atoms with Crippen LogP contribution in [0.2, 0.25) is 0 Å². The molecule has 0 bridgehead atoms. The van der Waals surface area contributed by atoms with Crippen LogP contribution in [0.5, 0.6) is 5.75 Å². The number of hydrogen-bond acceptors (Lipinski definition) is 4. The number of amides is 1. The first-order valence-electron chi connectivity index (χ1n) is 8.48. The number of nitrogens with zero attached hydrogens (tertiary/aromatic N) is 1. The van der Waals surface area contributed by atoms with Crippen LogP contribution in [0.25, 0.3) is 0 Å². The van der Waals surface area contributed by atoms with Gasteiger partial charge in [-0.05, 0) is 60.7 Å². The van der Waals surface area contributed by atoms with E-state index in [0.29, 0.717) is 11.5 Å². The first-order chi connectivity index (χ1) is 12.2. The largest absolute Gasteiger partial charge is 0.496 e. The van der Waals surface area contributed by atoms with Gasteiger partial charge in [0, 0.05) is 17.7 Å². The minimum Gasteiger partial charge on any atom is -0.496 e. The van der Waals surface area contributed by atoms with Crippen LogP contribution in [0.15, 0.2) is 36.4 Å². The molecule has 0 saturated carbocycles. The number of nitro groups is 1. The fraction of sp³-hybridized carbons (Fsp3) is 0.350. The van der Waals surface area contributed by atoms with Crippen molar-refractivity contribution in [2.75, 3.05) is 7.11 Å². The number of non-ortho nitro benzene ring substituents is 1. The lowest BCUT2D eigenvalue weighted by atomic mass is 9.93. The number of nitro benzene ring substituents is 1. The number of benzene rings is 2. The van der Waals surface area contributed by atoms with Gasteiger partial charge < -0.3 is 10.1 Å². The van der Waals surface area contributed by atoms with Gasteiger partial charge in [0.2, 0.25) is 0 Å². The molecule has 6 heteroatoms. The third-order valence-electron chi connectivity index (χ3n) is 4.39. The van der Waals surface area contributed by atoms with E-state index in [2.05, 4.69) is 25.2 Å². The average molecular weight is 356 g/mol. The third kappa shape index (κ3) is 4.20. The Kier molecular flexibility index (Phi) is 5.97. The van der Waals surface area contributed by atoms with E-state index < -0.39 is 4.92 Å². The smallest absolute Gasteiger partial charge is 0.269 e. The summed E-state index contributed by atoms with van der Waals surface area (Å²) in [6.45, 7) is 8.09. The van der Waals surface area contributed by atoms with Gasteiger partial charge in [-0.15, -0.1) is 0 Å². The molecule has 2 aromatic carbocycles. The maximum absolute atomic E-state index is 12.5. The summed E-state index contributed by atoms with van der Waals surface area (Å²) in [6, 6.07) is 9.42. The lowest BCUT2D eigenvalue weighted by molar-refractivity contribution is -0.384. The Morgan fingerprint density at radius 3 is 2.23 bits per heavy atom. The number of rotatable bonds is 6. The van der Waals surface area contributed by atoms with Crippen molar-refractivity contribution in [1.82, 2.24) is 5.32 Å². The second-order valence-corrected chi connectivity index (χ2v) is 6.60. The van der Waals surface area contributed by atoms with Gasteiger partial charge in [0.1, 0.15) is 5.75 Å². The molecule has 6 nitrogen and oxygen atoms in total. The lowest BCUT2D eigenvalue weighted by Gasteiger charge is -2.21. The Bertz CT molecular complexity index is 813. The molecule has 0 fully saturated rings. The van der Waals surface area contributed by atoms with Crippen LogP contribution in [0.3, 0.4) is 0 Å². The van der Waals surface area contributed by atoms with Crippen molar-refractivity contribution < 1.29 is 14.5 Å². The molecule has 0 saturated heterocycles. The molecule has 0 aliphatic heterocycles. The number of ether oxygens (including phenoxy) is 1. The summed E-state index contributed by atoms with van der Waals surface area (Å²) in [6.07, 6.45) is 0. The predicted molar refractivity (Wildman–Crippen MR) is 101 cm³/mol. The van der Waals surface area contributed by atoms with E-state index >= 15 is 0 Å². The minimum atomic E-state index is -0.488. The molecule has 1 amide bonds. The maximum atomic E-state index is 12.5. The number of aryl methyl sites for hydroxylation is 1. The monoisotopic (exact) mass is 356 g/mol. The first kappa shape index (κ1) is 19.4. The summed E-state index contributed by atoms with van der Waals surface area (Å²) in [5, 5.41) is 13.7. The van der Waals surface area contributed by atoms with Gasteiger partial charge in [-0.3, -0.25) is 14.9 Å². The molecule has 0 aliphatic carbocycles. The molecule has 0 aliphatic rings. The normalized spacial score (nSPS) is 11.9. The first-order valence-corrected chi connectivity index (χ1v) is 8.48. The second-order valence-electron chi connectivity index (χ2n) is 6.60. The number of carbonyl (C=O) groups excluding carboxylic acids is 1. The number of carbonyl (C=O) groups is 1. The number of methoxy groups -OCH3 is 1. The molecule has 26 heavy (non-hydrogen) atoms. The van der Waals surface area contributed by atoms with Gasteiger partial charge in [-0.1, -0.05) is 13.8 Å². The topological polar surface area (TPSA) is 81.5 Å². The van der Waals surface area contributed by atoms with Gasteiger partial charge in [0.15, 0.2) is 0 Å². The predicted octanol–water partition coefficient (Wildman–Crippen LogP) is 4.53. The van der Waals surface area contributed by atoms with Crippen LogP contribution in [0, 0.1) is 17.0 Å². The Morgan fingerprint density at radius 1 is 1.12 bits per heavy atom. The van der Waals surface area contributed by atoms with Crippen LogP contribution < -0.4 is 10.1 Å². The van der Waals surface area contributed by atoms with E-state index in [1.165, 1.54) is 24.3 Å². The highest BCUT2D eigenvalue weighted by atomic mass is 16.6. The number of nitrogens with one attached hydrogen (secondary N) is 1. The fourth-order valence-corrected chi connectivity index (χ4v) is 2.90. The van der Waals surface area contributed by atoms with Gasteiger partial charge in [-0.2, -0.15) is 0 Å². The van der Waals surface area contributed by atoms with Crippen molar-refractivity contribution in [3.8, 4) is 5.75 Å². The van der Waals surface area contributed by atoms with Gasteiger partial charge in [0.25, 0.3) is 11.6 Å². The molecule has 138 valence electrons. The molecule has 1 atom stereocenters. The molecule has 2 aromatic rings. The van der Waals surface area contributed by atoms with E-state index in [1.807, 2.05) is 19.9 Å². The zero-order valence-corrected chi connectivity index (χ0v) is 15.7. The van der Waals surface area contributed by atoms with Crippen LogP contribution in [-0.4, -0.2) is 17.9 Å². The molecular weight excluding hydrogens is 332 g/mol. The second kappa shape index (κ2) is 7.99. The van der Waals surface area contributed by atoms with Crippen molar-refractivity contribution in [3.05, 3.63) is 68.8 Å². The van der Waals surface area contributed by atoms with Crippen LogP contribution in [-0.2, 0) is 0 Å². The summed E-state index contributed by atoms with van der Waals surface area (Å²) < 4.78 is 5.46. The highest BCUT2D eigenvalue weighted by molar-refractivity contribution is 5.94. The highest BCUT2D eigenvalue weighted by Crippen LogP contribution is 2.32. The van der Waals surface area contributed by atoms with Crippen molar-refractivity contribution >= 4 is 11.6 Å². The van der Waals surface area contributed by atoms with Crippen molar-refractivity contribution in [3.63, 3.8) is 0 Å². The molecule has 0 radical (unpaired) electrons. The quantitative estimate of drug-likeness (QED) is 0.609. The molecule has 0 heterocycles. The SMILES string of the molecule is COc1cc(C)c(C(C)NC(=O)c2ccc([N+](=O)[O-])cc2)cc1C(C)C. The standard InChI is InChI=1S/C20H24N2O4/c1-12(2)17-11-18(13(3)10-19(17)26-5)14(4)21-20(23)15-6-8-16(9-7-15)22(24)25/h6-12,14H,1-5H3,(H,21,23). The van der Waals surface area contributed by atoms with Gasteiger partial charge >= 0.3 is 0 Å². The van der Waals surface area contributed by atoms with Crippen molar-refractivity contribution in [2.45, 2.75) is 39.7 Å². The summed E-state index contributed by atoms with van der Waals surface area (Å²) >= 11 is 0. The van der Waals surface area contributed by atoms with E-state index in [-0.39, 0.29) is 17.6 Å². The maximum Gasteiger partial charge on any atom is 0.269 e. The summed E-state index contributed by atoms with van der Waals surface area (Å²) in [7, 11) is 1.65. The lowest BCUT2D eigenvalue weighted by Crippen LogP contribution is -2.27. The molecule has 0 spiro atoms. The summed E-state index contributed by atoms with van der Waals surface area (Å²) in [5.74, 6) is 0.866. The molecule has 2 rings (SSSR count). The summed E-state index contributed by atoms with van der Waals surface area (Å²) in [4.78, 5) is 22.7. The third-order valence-corrected chi connectivity index (χ3v) is 4.39. The van der Waals surface area contributed by atoms with Gasteiger partial charge in [0.05, 0.1) is 18.1 Å². The Hall–Kier alpha value is -2.89. The highest BCUT2D eigenvalue weighted by Gasteiger charge is 2.18. The van der Waals surface area contributed by atoms with Gasteiger partial charge in [-0.25, -0.2) is 0 Å². The zero-order chi connectivity index (χ0) is 19.4. The Labute approximate surface area is 153 Å².